The van der Waals surface area contributed by atoms with E-state index >= 15 is 0 Å². The zero-order chi connectivity index (χ0) is 12.8. The summed E-state index contributed by atoms with van der Waals surface area (Å²) in [7, 11) is 0. The summed E-state index contributed by atoms with van der Waals surface area (Å²) in [6, 6.07) is 8.89. The minimum Gasteiger partial charge on any atom is -0.492 e. The van der Waals surface area contributed by atoms with E-state index in [1.54, 1.807) is 0 Å². The van der Waals surface area contributed by atoms with Crippen molar-refractivity contribution in [3.63, 3.8) is 0 Å². The second kappa shape index (κ2) is 6.76. The highest BCUT2D eigenvalue weighted by molar-refractivity contribution is 5.27. The Labute approximate surface area is 109 Å². The molecule has 0 amide bonds. The Hall–Kier alpha value is -1.06. The number of aliphatic hydroxyl groups excluding tert-OH is 1. The van der Waals surface area contributed by atoms with Crippen LogP contribution in [0.3, 0.4) is 0 Å². The average Bonchev–Trinajstić information content (AvgIpc) is 3.20. The molecule has 1 atom stereocenters. The van der Waals surface area contributed by atoms with Crippen molar-refractivity contribution >= 4 is 0 Å². The van der Waals surface area contributed by atoms with Crippen LogP contribution >= 0.6 is 0 Å². The summed E-state index contributed by atoms with van der Waals surface area (Å²) < 4.78 is 5.70. The fourth-order valence-electron chi connectivity index (χ4n) is 1.97. The van der Waals surface area contributed by atoms with Crippen LogP contribution in [0.15, 0.2) is 24.3 Å². The molecule has 1 aliphatic rings. The molecule has 0 radical (unpaired) electrons. The second-order valence-electron chi connectivity index (χ2n) is 5.03. The molecule has 0 spiro atoms. The van der Waals surface area contributed by atoms with Crippen LogP contribution in [0.2, 0.25) is 0 Å². The van der Waals surface area contributed by atoms with Crippen LogP contribution in [-0.4, -0.2) is 30.4 Å². The predicted octanol–water partition coefficient (Wildman–Crippen LogP) is 2.13. The van der Waals surface area contributed by atoms with Gasteiger partial charge in [-0.05, 0) is 37.0 Å². The molecule has 0 bridgehead atoms. The van der Waals surface area contributed by atoms with E-state index in [4.69, 9.17) is 4.74 Å². The lowest BCUT2D eigenvalue weighted by Crippen LogP contribution is -2.39. The Balaban J connectivity index is 1.77. The van der Waals surface area contributed by atoms with Crippen LogP contribution in [0.1, 0.15) is 31.7 Å². The summed E-state index contributed by atoms with van der Waals surface area (Å²) in [5.41, 5.74) is 1.35. The van der Waals surface area contributed by atoms with E-state index in [1.165, 1.54) is 18.4 Å². The summed E-state index contributed by atoms with van der Waals surface area (Å²) in [5.74, 6) is 0.880. The van der Waals surface area contributed by atoms with E-state index in [0.29, 0.717) is 12.6 Å². The summed E-state index contributed by atoms with van der Waals surface area (Å²) in [6.07, 6.45) is 4.73. The van der Waals surface area contributed by atoms with Gasteiger partial charge in [0.05, 0.1) is 12.6 Å². The molecule has 1 fully saturated rings. The molecule has 3 nitrogen and oxygen atoms in total. The van der Waals surface area contributed by atoms with E-state index in [2.05, 4.69) is 24.4 Å². The maximum atomic E-state index is 9.25. The van der Waals surface area contributed by atoms with Gasteiger partial charge in [-0.3, -0.25) is 0 Å². The Morgan fingerprint density at radius 2 is 2.06 bits per heavy atom. The first-order chi connectivity index (χ1) is 8.81. The fourth-order valence-corrected chi connectivity index (χ4v) is 1.97. The number of aryl methyl sites for hydroxylation is 1. The molecule has 1 aromatic carbocycles. The molecule has 2 N–H and O–H groups in total. The number of hydrogen-bond donors (Lipinski definition) is 2. The predicted molar refractivity (Wildman–Crippen MR) is 73.0 cm³/mol. The van der Waals surface area contributed by atoms with E-state index < -0.39 is 0 Å². The number of ether oxygens (including phenoxy) is 1. The molecule has 0 saturated heterocycles. The standard InChI is InChI=1S/C15H23NO2/c1-2-3-12-4-8-15(9-5-12)18-11-14(10-17)16-13-6-7-13/h4-5,8-9,13-14,16-17H,2-3,6-7,10-11H2,1H3. The Morgan fingerprint density at radius 3 is 2.61 bits per heavy atom. The van der Waals surface area contributed by atoms with Crippen LogP contribution in [-0.2, 0) is 6.42 Å². The lowest BCUT2D eigenvalue weighted by molar-refractivity contribution is 0.182. The maximum Gasteiger partial charge on any atom is 0.119 e. The van der Waals surface area contributed by atoms with E-state index in [-0.39, 0.29) is 12.6 Å². The molecule has 100 valence electrons. The van der Waals surface area contributed by atoms with Crippen molar-refractivity contribution in [2.24, 2.45) is 0 Å². The third-order valence-corrected chi connectivity index (χ3v) is 3.18. The van der Waals surface area contributed by atoms with Gasteiger partial charge in [0.2, 0.25) is 0 Å². The van der Waals surface area contributed by atoms with Crippen molar-refractivity contribution in [3.8, 4) is 5.75 Å². The van der Waals surface area contributed by atoms with Crippen LogP contribution < -0.4 is 10.1 Å². The first-order valence-corrected chi connectivity index (χ1v) is 6.90. The number of rotatable bonds is 8. The molecule has 1 saturated carbocycles. The number of aliphatic hydroxyl groups is 1. The van der Waals surface area contributed by atoms with Gasteiger partial charge >= 0.3 is 0 Å². The van der Waals surface area contributed by atoms with Crippen molar-refractivity contribution in [1.82, 2.24) is 5.32 Å². The van der Waals surface area contributed by atoms with Crippen LogP contribution in [0.4, 0.5) is 0 Å². The number of hydrogen-bond acceptors (Lipinski definition) is 3. The highest BCUT2D eigenvalue weighted by atomic mass is 16.5. The molecule has 0 heterocycles. The molecule has 0 aliphatic heterocycles. The fraction of sp³-hybridized carbons (Fsp3) is 0.600. The quantitative estimate of drug-likeness (QED) is 0.741. The molecule has 1 aliphatic carbocycles. The molecule has 0 aromatic heterocycles. The molecule has 1 aromatic rings. The zero-order valence-corrected chi connectivity index (χ0v) is 11.1. The number of nitrogens with one attached hydrogen (secondary N) is 1. The molecular weight excluding hydrogens is 226 g/mol. The average molecular weight is 249 g/mol. The smallest absolute Gasteiger partial charge is 0.119 e. The van der Waals surface area contributed by atoms with Crippen LogP contribution in [0, 0.1) is 0 Å². The zero-order valence-electron chi connectivity index (χ0n) is 11.1. The van der Waals surface area contributed by atoms with Crippen molar-refractivity contribution < 1.29 is 9.84 Å². The molecule has 3 heteroatoms. The van der Waals surface area contributed by atoms with Gasteiger partial charge in [0.25, 0.3) is 0 Å². The van der Waals surface area contributed by atoms with Gasteiger partial charge in [-0.2, -0.15) is 0 Å². The van der Waals surface area contributed by atoms with Crippen LogP contribution in [0.5, 0.6) is 5.75 Å². The minimum atomic E-state index is 0.0489. The summed E-state index contributed by atoms with van der Waals surface area (Å²) in [4.78, 5) is 0. The monoisotopic (exact) mass is 249 g/mol. The highest BCUT2D eigenvalue weighted by Gasteiger charge is 2.24. The van der Waals surface area contributed by atoms with Crippen molar-refractivity contribution in [3.05, 3.63) is 29.8 Å². The van der Waals surface area contributed by atoms with Gasteiger partial charge in [0, 0.05) is 6.04 Å². The van der Waals surface area contributed by atoms with Gasteiger partial charge in [-0.25, -0.2) is 0 Å². The molecule has 2 rings (SSSR count). The number of benzene rings is 1. The summed E-state index contributed by atoms with van der Waals surface area (Å²) >= 11 is 0. The lowest BCUT2D eigenvalue weighted by atomic mass is 10.1. The van der Waals surface area contributed by atoms with Crippen molar-refractivity contribution in [2.45, 2.75) is 44.7 Å². The third-order valence-electron chi connectivity index (χ3n) is 3.18. The molecular formula is C15H23NO2. The maximum absolute atomic E-state index is 9.25. The largest absolute Gasteiger partial charge is 0.492 e. The van der Waals surface area contributed by atoms with E-state index in [0.717, 1.165) is 18.6 Å². The van der Waals surface area contributed by atoms with Crippen molar-refractivity contribution in [1.29, 1.82) is 0 Å². The SMILES string of the molecule is CCCc1ccc(OCC(CO)NC2CC2)cc1. The third kappa shape index (κ3) is 4.31. The van der Waals surface area contributed by atoms with Crippen LogP contribution in [0.25, 0.3) is 0 Å². The Bertz CT molecular complexity index is 346. The Kier molecular flexibility index (Phi) is 5.02. The minimum absolute atomic E-state index is 0.0489. The van der Waals surface area contributed by atoms with E-state index in [1.807, 2.05) is 12.1 Å². The first-order valence-electron chi connectivity index (χ1n) is 6.90. The second-order valence-corrected chi connectivity index (χ2v) is 5.03. The normalized spacial score (nSPS) is 16.6. The topological polar surface area (TPSA) is 41.5 Å². The Morgan fingerprint density at radius 1 is 1.33 bits per heavy atom. The summed E-state index contributed by atoms with van der Waals surface area (Å²) in [5, 5.41) is 12.6. The molecule has 18 heavy (non-hydrogen) atoms. The van der Waals surface area contributed by atoms with Gasteiger partial charge in [0.1, 0.15) is 12.4 Å². The van der Waals surface area contributed by atoms with Gasteiger partial charge in [-0.15, -0.1) is 0 Å². The van der Waals surface area contributed by atoms with Gasteiger partial charge < -0.3 is 15.2 Å². The molecule has 1 unspecified atom stereocenters. The summed E-state index contributed by atoms with van der Waals surface area (Å²) in [6.45, 7) is 2.84. The van der Waals surface area contributed by atoms with Crippen molar-refractivity contribution in [2.75, 3.05) is 13.2 Å². The van der Waals surface area contributed by atoms with Gasteiger partial charge in [-0.1, -0.05) is 25.5 Å². The first kappa shape index (κ1) is 13.4. The van der Waals surface area contributed by atoms with E-state index in [9.17, 15) is 5.11 Å². The van der Waals surface area contributed by atoms with Gasteiger partial charge in [0.15, 0.2) is 0 Å². The highest BCUT2D eigenvalue weighted by Crippen LogP contribution is 2.19. The lowest BCUT2D eigenvalue weighted by Gasteiger charge is -2.16.